The molecule has 3 rings (SSSR count). The van der Waals surface area contributed by atoms with E-state index in [2.05, 4.69) is 40.7 Å². The first kappa shape index (κ1) is 14.6. The van der Waals surface area contributed by atoms with Gasteiger partial charge in [-0.2, -0.15) is 5.10 Å². The lowest BCUT2D eigenvalue weighted by Crippen LogP contribution is -2.30. The van der Waals surface area contributed by atoms with Crippen LogP contribution in [0.3, 0.4) is 0 Å². The standard InChI is InChI=1S/C17H22ClN3/c1-11-13(17(18)21(3)20-11)10-16(19-2)15-9-14(15)12-7-5-4-6-8-12/h4-8,14-16,19H,9-10H2,1-3H3. The summed E-state index contributed by atoms with van der Waals surface area (Å²) in [6.45, 7) is 2.04. The maximum Gasteiger partial charge on any atom is 0.130 e. The predicted octanol–water partition coefficient (Wildman–Crippen LogP) is 3.32. The van der Waals surface area contributed by atoms with Crippen molar-refractivity contribution >= 4 is 11.6 Å². The highest BCUT2D eigenvalue weighted by Crippen LogP contribution is 2.50. The fourth-order valence-electron chi connectivity index (χ4n) is 3.34. The van der Waals surface area contributed by atoms with Gasteiger partial charge in [-0.1, -0.05) is 41.9 Å². The zero-order valence-electron chi connectivity index (χ0n) is 12.8. The van der Waals surface area contributed by atoms with E-state index in [4.69, 9.17) is 11.6 Å². The maximum absolute atomic E-state index is 6.37. The smallest absolute Gasteiger partial charge is 0.130 e. The van der Waals surface area contributed by atoms with Crippen LogP contribution in [0.2, 0.25) is 5.15 Å². The number of aromatic nitrogens is 2. The molecule has 0 amide bonds. The monoisotopic (exact) mass is 303 g/mol. The first-order chi connectivity index (χ1) is 10.1. The topological polar surface area (TPSA) is 29.9 Å². The number of likely N-dealkylation sites (N-methyl/N-ethyl adjacent to an activating group) is 1. The summed E-state index contributed by atoms with van der Waals surface area (Å²) >= 11 is 6.37. The molecule has 0 spiro atoms. The summed E-state index contributed by atoms with van der Waals surface area (Å²) in [6.07, 6.45) is 2.20. The lowest BCUT2D eigenvalue weighted by atomic mass is 9.99. The zero-order chi connectivity index (χ0) is 15.0. The van der Waals surface area contributed by atoms with Gasteiger partial charge in [-0.05, 0) is 44.2 Å². The molecular weight excluding hydrogens is 282 g/mol. The lowest BCUT2D eigenvalue weighted by Gasteiger charge is -2.16. The van der Waals surface area contributed by atoms with Crippen molar-refractivity contribution in [1.29, 1.82) is 0 Å². The van der Waals surface area contributed by atoms with Crippen LogP contribution < -0.4 is 5.32 Å². The van der Waals surface area contributed by atoms with E-state index in [9.17, 15) is 0 Å². The second-order valence-corrected chi connectivity index (χ2v) is 6.35. The van der Waals surface area contributed by atoms with Crippen molar-refractivity contribution in [3.8, 4) is 0 Å². The number of halogens is 1. The van der Waals surface area contributed by atoms with Gasteiger partial charge in [0.05, 0.1) is 5.69 Å². The average Bonchev–Trinajstić information content (AvgIpc) is 3.24. The van der Waals surface area contributed by atoms with Crippen LogP contribution in [0.1, 0.15) is 29.2 Å². The molecule has 0 bridgehead atoms. The van der Waals surface area contributed by atoms with Crippen LogP contribution >= 0.6 is 11.6 Å². The van der Waals surface area contributed by atoms with Crippen molar-refractivity contribution in [2.45, 2.75) is 31.7 Å². The molecule has 3 unspecified atom stereocenters. The molecular formula is C17H22ClN3. The first-order valence-corrected chi connectivity index (χ1v) is 7.89. The Hall–Kier alpha value is -1.32. The molecule has 2 aromatic rings. The highest BCUT2D eigenvalue weighted by atomic mass is 35.5. The molecule has 1 fully saturated rings. The number of hydrogen-bond donors (Lipinski definition) is 1. The largest absolute Gasteiger partial charge is 0.316 e. The summed E-state index contributed by atoms with van der Waals surface area (Å²) in [7, 11) is 3.95. The summed E-state index contributed by atoms with van der Waals surface area (Å²) in [5.74, 6) is 1.37. The van der Waals surface area contributed by atoms with Gasteiger partial charge in [0.15, 0.2) is 0 Å². The predicted molar refractivity (Wildman–Crippen MR) is 86.8 cm³/mol. The summed E-state index contributed by atoms with van der Waals surface area (Å²) in [5, 5.41) is 8.66. The number of benzene rings is 1. The minimum atomic E-state index is 0.454. The van der Waals surface area contributed by atoms with E-state index in [1.165, 1.54) is 17.5 Å². The molecule has 0 saturated heterocycles. The number of aryl methyl sites for hydroxylation is 2. The highest BCUT2D eigenvalue weighted by molar-refractivity contribution is 6.30. The molecule has 1 aromatic heterocycles. The first-order valence-electron chi connectivity index (χ1n) is 7.52. The van der Waals surface area contributed by atoms with Gasteiger partial charge in [0.25, 0.3) is 0 Å². The summed E-state index contributed by atoms with van der Waals surface area (Å²) in [4.78, 5) is 0. The van der Waals surface area contributed by atoms with E-state index in [0.717, 1.165) is 17.3 Å². The van der Waals surface area contributed by atoms with Gasteiger partial charge in [0.1, 0.15) is 5.15 Å². The number of rotatable bonds is 5. The Bertz CT molecular complexity index is 620. The van der Waals surface area contributed by atoms with Gasteiger partial charge in [0.2, 0.25) is 0 Å². The molecule has 0 aliphatic heterocycles. The SMILES string of the molecule is CNC(Cc1c(C)nn(C)c1Cl)C1CC1c1ccccc1. The number of nitrogens with one attached hydrogen (secondary N) is 1. The molecule has 1 aromatic carbocycles. The zero-order valence-corrected chi connectivity index (χ0v) is 13.6. The Balaban J connectivity index is 1.73. The number of nitrogens with zero attached hydrogens (tertiary/aromatic N) is 2. The third-order valence-corrected chi connectivity index (χ3v) is 5.12. The second kappa shape index (κ2) is 5.82. The molecule has 1 heterocycles. The number of hydrogen-bond acceptors (Lipinski definition) is 2. The third-order valence-electron chi connectivity index (χ3n) is 4.65. The molecule has 1 aliphatic carbocycles. The Morgan fingerprint density at radius 2 is 2.10 bits per heavy atom. The molecule has 1 saturated carbocycles. The van der Waals surface area contributed by atoms with E-state index in [-0.39, 0.29) is 0 Å². The van der Waals surface area contributed by atoms with E-state index in [1.807, 2.05) is 21.0 Å². The van der Waals surface area contributed by atoms with Crippen molar-refractivity contribution in [3.63, 3.8) is 0 Å². The van der Waals surface area contributed by atoms with Crippen LogP contribution in [0.25, 0.3) is 0 Å². The Morgan fingerprint density at radius 3 is 2.67 bits per heavy atom. The van der Waals surface area contributed by atoms with Crippen LogP contribution in [-0.2, 0) is 13.5 Å². The third kappa shape index (κ3) is 2.85. The van der Waals surface area contributed by atoms with Gasteiger partial charge in [0, 0.05) is 18.7 Å². The molecule has 3 atom stereocenters. The molecule has 4 heteroatoms. The van der Waals surface area contributed by atoms with Crippen LogP contribution in [0.15, 0.2) is 30.3 Å². The molecule has 3 nitrogen and oxygen atoms in total. The van der Waals surface area contributed by atoms with Gasteiger partial charge in [-0.3, -0.25) is 4.68 Å². The average molecular weight is 304 g/mol. The Kier molecular flexibility index (Phi) is 4.05. The van der Waals surface area contributed by atoms with Gasteiger partial charge < -0.3 is 5.32 Å². The quantitative estimate of drug-likeness (QED) is 0.918. The Labute approximate surface area is 131 Å². The van der Waals surface area contributed by atoms with Crippen LogP contribution in [-0.4, -0.2) is 22.9 Å². The summed E-state index contributed by atoms with van der Waals surface area (Å²) in [6, 6.07) is 11.3. The van der Waals surface area contributed by atoms with Gasteiger partial charge in [-0.25, -0.2) is 0 Å². The highest BCUT2D eigenvalue weighted by Gasteiger charge is 2.43. The summed E-state index contributed by atoms with van der Waals surface area (Å²) < 4.78 is 1.76. The fourth-order valence-corrected chi connectivity index (χ4v) is 3.59. The molecule has 0 radical (unpaired) electrons. The molecule has 1 N–H and O–H groups in total. The van der Waals surface area contributed by atoms with Crippen molar-refractivity contribution < 1.29 is 0 Å². The minimum Gasteiger partial charge on any atom is -0.316 e. The maximum atomic E-state index is 6.37. The molecule has 21 heavy (non-hydrogen) atoms. The van der Waals surface area contributed by atoms with Crippen LogP contribution in [0, 0.1) is 12.8 Å². The van der Waals surface area contributed by atoms with E-state index in [1.54, 1.807) is 4.68 Å². The lowest BCUT2D eigenvalue weighted by molar-refractivity contribution is 0.490. The van der Waals surface area contributed by atoms with Gasteiger partial charge >= 0.3 is 0 Å². The molecule has 1 aliphatic rings. The van der Waals surface area contributed by atoms with E-state index >= 15 is 0 Å². The van der Waals surface area contributed by atoms with Crippen molar-refractivity contribution in [2.24, 2.45) is 13.0 Å². The molecule has 112 valence electrons. The Morgan fingerprint density at radius 1 is 1.38 bits per heavy atom. The second-order valence-electron chi connectivity index (χ2n) is 5.99. The van der Waals surface area contributed by atoms with E-state index < -0.39 is 0 Å². The van der Waals surface area contributed by atoms with Crippen molar-refractivity contribution in [2.75, 3.05) is 7.05 Å². The van der Waals surface area contributed by atoms with E-state index in [0.29, 0.717) is 17.9 Å². The minimum absolute atomic E-state index is 0.454. The van der Waals surface area contributed by atoms with Gasteiger partial charge in [-0.15, -0.1) is 0 Å². The van der Waals surface area contributed by atoms with Crippen LogP contribution in [0.5, 0.6) is 0 Å². The summed E-state index contributed by atoms with van der Waals surface area (Å²) in [5.41, 5.74) is 3.67. The van der Waals surface area contributed by atoms with Crippen molar-refractivity contribution in [1.82, 2.24) is 15.1 Å². The normalized spacial score (nSPS) is 22.3. The fraction of sp³-hybridized carbons (Fsp3) is 0.471. The van der Waals surface area contributed by atoms with Crippen molar-refractivity contribution in [3.05, 3.63) is 52.3 Å². The van der Waals surface area contributed by atoms with Crippen LogP contribution in [0.4, 0.5) is 0 Å².